The van der Waals surface area contributed by atoms with Gasteiger partial charge in [0.2, 0.25) is 0 Å². The van der Waals surface area contributed by atoms with Gasteiger partial charge in [0.05, 0.1) is 36.7 Å². The maximum Gasteiger partial charge on any atom is 0.300 e. The quantitative estimate of drug-likeness (QED) is 0.190. The van der Waals surface area contributed by atoms with Gasteiger partial charge in [0.15, 0.2) is 0 Å². The van der Waals surface area contributed by atoms with E-state index in [-0.39, 0.29) is 11.4 Å². The van der Waals surface area contributed by atoms with E-state index in [0.29, 0.717) is 12.1 Å². The van der Waals surface area contributed by atoms with Crippen LogP contribution in [0.3, 0.4) is 0 Å². The zero-order chi connectivity index (χ0) is 30.4. The lowest BCUT2D eigenvalue weighted by molar-refractivity contribution is -0.393. The van der Waals surface area contributed by atoms with Crippen LogP contribution in [-0.2, 0) is 0 Å². The largest absolute Gasteiger partial charge is 0.300 e. The van der Waals surface area contributed by atoms with Crippen molar-refractivity contribution in [3.05, 3.63) is 116 Å². The molecule has 0 aliphatic rings. The normalized spacial score (nSPS) is 10.1. The van der Waals surface area contributed by atoms with E-state index in [1.165, 1.54) is 0 Å². The van der Waals surface area contributed by atoms with Gasteiger partial charge >= 0.3 is 11.4 Å². The Morgan fingerprint density at radius 2 is 0.854 bits per heavy atom. The Balaban J connectivity index is 1.83. The highest BCUT2D eigenvalue weighted by atomic mass is 16.6. The van der Waals surface area contributed by atoms with Gasteiger partial charge in [-0.1, -0.05) is 0 Å². The Bertz CT molecular complexity index is 1530. The topological polar surface area (TPSA) is 298 Å². The van der Waals surface area contributed by atoms with Crippen LogP contribution in [0.5, 0.6) is 0 Å². The van der Waals surface area contributed by atoms with E-state index in [9.17, 15) is 60.2 Å². The number of nitro groups is 5. The summed E-state index contributed by atoms with van der Waals surface area (Å²) in [6, 6.07) is 7.39. The summed E-state index contributed by atoms with van der Waals surface area (Å²) in [5.74, 6) is -2.23. The smallest absolute Gasteiger partial charge is 0.292 e. The van der Waals surface area contributed by atoms with Gasteiger partial charge in [0.1, 0.15) is 11.4 Å². The molecule has 3 rings (SSSR count). The van der Waals surface area contributed by atoms with Crippen molar-refractivity contribution < 1.29 is 34.2 Å². The first kappa shape index (κ1) is 28.8. The maximum absolute atomic E-state index is 12.7. The van der Waals surface area contributed by atoms with Crippen molar-refractivity contribution in [1.29, 1.82) is 0 Å². The second-order valence-corrected chi connectivity index (χ2v) is 7.62. The molecule has 21 heteroatoms. The number of amides is 2. The lowest BCUT2D eigenvalue weighted by atomic mass is 10.1. The molecule has 0 radical (unpaired) electrons. The predicted octanol–water partition coefficient (Wildman–Crippen LogP) is 2.74. The first-order valence-electron chi connectivity index (χ1n) is 10.6. The fourth-order valence-electron chi connectivity index (χ4n) is 3.15. The number of hydrogen-bond donors (Lipinski definition) is 4. The Morgan fingerprint density at radius 3 is 1.17 bits per heavy atom. The molecular formula is C20H13N9O12. The minimum atomic E-state index is -1.12. The minimum absolute atomic E-state index is 0.369. The molecule has 21 nitrogen and oxygen atoms in total. The average Bonchev–Trinajstić information content (AvgIpc) is 2.93. The fraction of sp³-hybridized carbons (Fsp3) is 0. The molecule has 0 bridgehead atoms. The lowest BCUT2D eigenvalue weighted by Crippen LogP contribution is -2.31. The predicted molar refractivity (Wildman–Crippen MR) is 135 cm³/mol. The van der Waals surface area contributed by atoms with Crippen LogP contribution in [0, 0.1) is 50.6 Å². The van der Waals surface area contributed by atoms with Gasteiger partial charge in [-0.3, -0.25) is 81.9 Å². The number of carbonyl (C=O) groups is 2. The van der Waals surface area contributed by atoms with E-state index in [1.807, 2.05) is 10.9 Å². The molecule has 0 aliphatic carbocycles. The maximum atomic E-state index is 12.7. The number of anilines is 2. The highest BCUT2D eigenvalue weighted by Gasteiger charge is 2.23. The zero-order valence-electron chi connectivity index (χ0n) is 19.8. The van der Waals surface area contributed by atoms with Crippen LogP contribution in [0.25, 0.3) is 0 Å². The first-order chi connectivity index (χ1) is 19.3. The van der Waals surface area contributed by atoms with Crippen molar-refractivity contribution >= 4 is 51.6 Å². The summed E-state index contributed by atoms with van der Waals surface area (Å²) in [6.07, 6.45) is 0. The van der Waals surface area contributed by atoms with Gasteiger partial charge in [0.25, 0.3) is 28.9 Å². The molecule has 2 amide bonds. The number of rotatable bonds is 11. The number of nitrogens with zero attached hydrogens (tertiary/aromatic N) is 5. The molecule has 0 saturated carbocycles. The van der Waals surface area contributed by atoms with Gasteiger partial charge in [-0.25, -0.2) is 0 Å². The molecule has 0 saturated heterocycles. The zero-order valence-corrected chi connectivity index (χ0v) is 19.8. The second kappa shape index (κ2) is 11.7. The third-order valence-electron chi connectivity index (χ3n) is 5.05. The van der Waals surface area contributed by atoms with Crippen molar-refractivity contribution in [3.63, 3.8) is 0 Å². The van der Waals surface area contributed by atoms with Gasteiger partial charge < -0.3 is 0 Å². The molecule has 4 N–H and O–H groups in total. The van der Waals surface area contributed by atoms with Gasteiger partial charge in [-0.2, -0.15) is 0 Å². The van der Waals surface area contributed by atoms with Gasteiger partial charge in [0, 0.05) is 35.4 Å². The van der Waals surface area contributed by atoms with Crippen molar-refractivity contribution in [3.8, 4) is 0 Å². The van der Waals surface area contributed by atoms with Crippen LogP contribution in [0.15, 0.2) is 54.6 Å². The Labute approximate surface area is 224 Å². The van der Waals surface area contributed by atoms with E-state index in [0.717, 1.165) is 42.5 Å². The molecule has 0 unspecified atom stereocenters. The summed E-state index contributed by atoms with van der Waals surface area (Å²) in [5, 5.41) is 55.6. The van der Waals surface area contributed by atoms with Crippen LogP contribution >= 0.6 is 0 Å². The van der Waals surface area contributed by atoms with E-state index in [2.05, 4.69) is 10.9 Å². The number of non-ortho nitro benzene ring substituents is 3. The van der Waals surface area contributed by atoms with Crippen LogP contribution in [-0.4, -0.2) is 36.4 Å². The molecule has 0 spiro atoms. The lowest BCUT2D eigenvalue weighted by Gasteiger charge is -2.11. The number of hydrazine groups is 2. The molecular weight excluding hydrogens is 558 g/mol. The van der Waals surface area contributed by atoms with Gasteiger partial charge in [-0.05, 0) is 18.2 Å². The highest BCUT2D eigenvalue weighted by molar-refractivity contribution is 6.01. The van der Waals surface area contributed by atoms with Crippen LogP contribution in [0.2, 0.25) is 0 Å². The molecule has 3 aromatic carbocycles. The molecule has 210 valence electrons. The van der Waals surface area contributed by atoms with Crippen LogP contribution in [0.4, 0.5) is 39.8 Å². The molecule has 41 heavy (non-hydrogen) atoms. The monoisotopic (exact) mass is 571 g/mol. The van der Waals surface area contributed by atoms with Crippen molar-refractivity contribution in [2.45, 2.75) is 0 Å². The van der Waals surface area contributed by atoms with Crippen molar-refractivity contribution in [2.24, 2.45) is 0 Å². The van der Waals surface area contributed by atoms with Crippen LogP contribution in [0.1, 0.15) is 20.7 Å². The highest BCUT2D eigenvalue weighted by Crippen LogP contribution is 2.29. The number of carbonyl (C=O) groups excluding carboxylic acids is 2. The van der Waals surface area contributed by atoms with E-state index in [4.69, 9.17) is 0 Å². The standard InChI is InChI=1S/C20H13N9O12/c30-19(23-21-15-3-1-12(25(32)33)8-17(15)28(38)39)10-5-11(7-14(6-10)27(36)37)20(31)24-22-16-4-2-13(26(34)35)9-18(16)29(40)41/h1-9,21-22H,(H,23,30)(H,24,31). The Kier molecular flexibility index (Phi) is 8.22. The number of hydrogen-bond acceptors (Lipinski definition) is 14. The summed E-state index contributed by atoms with van der Waals surface area (Å²) in [5.41, 5.74) is 3.20. The minimum Gasteiger partial charge on any atom is -0.292 e. The number of nitrogens with one attached hydrogen (secondary N) is 4. The van der Waals surface area contributed by atoms with E-state index < -0.39 is 76.0 Å². The summed E-state index contributed by atoms with van der Waals surface area (Å²) in [7, 11) is 0. The van der Waals surface area contributed by atoms with E-state index in [1.54, 1.807) is 0 Å². The molecule has 0 aliphatic heterocycles. The van der Waals surface area contributed by atoms with Crippen molar-refractivity contribution in [1.82, 2.24) is 10.9 Å². The SMILES string of the molecule is O=C(NNc1ccc([N+](=O)[O-])cc1[N+](=O)[O-])c1cc(C(=O)NNc2ccc([N+](=O)[O-])cc2[N+](=O)[O-])cc([N+](=O)[O-])c1. The number of nitro benzene ring substituents is 5. The number of benzene rings is 3. The molecule has 0 fully saturated rings. The summed E-state index contributed by atoms with van der Waals surface area (Å²) in [4.78, 5) is 76.3. The van der Waals surface area contributed by atoms with Crippen LogP contribution < -0.4 is 21.7 Å². The summed E-state index contributed by atoms with van der Waals surface area (Å²) < 4.78 is 0. The van der Waals surface area contributed by atoms with Crippen molar-refractivity contribution in [2.75, 3.05) is 10.9 Å². The summed E-state index contributed by atoms with van der Waals surface area (Å²) >= 11 is 0. The molecule has 0 aromatic heterocycles. The third kappa shape index (κ3) is 6.75. The molecule has 0 atom stereocenters. The van der Waals surface area contributed by atoms with E-state index >= 15 is 0 Å². The first-order valence-corrected chi connectivity index (χ1v) is 10.6. The fourth-order valence-corrected chi connectivity index (χ4v) is 3.15. The average molecular weight is 571 g/mol. The Morgan fingerprint density at radius 1 is 0.488 bits per heavy atom. The molecule has 0 heterocycles. The Hall–Kier alpha value is -6.80. The summed E-state index contributed by atoms with van der Waals surface area (Å²) in [6.45, 7) is 0. The molecule has 3 aromatic rings. The second-order valence-electron chi connectivity index (χ2n) is 7.62. The third-order valence-corrected chi connectivity index (χ3v) is 5.05. The van der Waals surface area contributed by atoms with Gasteiger partial charge in [-0.15, -0.1) is 0 Å².